The highest BCUT2D eigenvalue weighted by Crippen LogP contribution is 2.43. The molecule has 0 aromatic heterocycles. The second kappa shape index (κ2) is 25.2. The van der Waals surface area contributed by atoms with Gasteiger partial charge in [0.05, 0.1) is 43.7 Å². The number of methoxy groups -OCH3 is 2. The number of esters is 2. The first-order valence-electron chi connectivity index (χ1n) is 23.8. The van der Waals surface area contributed by atoms with E-state index in [0.717, 1.165) is 5.57 Å². The summed E-state index contributed by atoms with van der Waals surface area (Å²) in [6, 6.07) is 0. The number of hydrogen-bond acceptors (Lipinski definition) is 16. The fourth-order valence-corrected chi connectivity index (χ4v) is 9.16. The Kier molecular flexibility index (Phi) is 21.0. The van der Waals surface area contributed by atoms with Crippen LogP contribution in [0.15, 0.2) is 69.7 Å². The van der Waals surface area contributed by atoms with E-state index in [1.54, 1.807) is 58.1 Å². The van der Waals surface area contributed by atoms with E-state index in [1.807, 2.05) is 40.7 Å². The molecule has 17 atom stereocenters. The SMILES string of the molecule is C#CCCC1(CCC(=O)O[C@H]2C[C@@H](O[C@@H]3C[C@](O)([C@@H](C)[C@H](O)[C@H](C)[C@H]4OC(=O)/C(OC)=C/C(C)=C/[C@@H](C)[C@@H](O)C[C@@H](O)[C@H](C)C/C(C)=C/C=C/[C@@H]4OC)O[C@H](/C=C/C)[C@H]3C)O[C@@H](C)[C@@H]2O)N=N1. The number of cyclic esters (lactones) is 1. The van der Waals surface area contributed by atoms with E-state index in [4.69, 9.17) is 39.6 Å². The molecule has 4 heterocycles. The van der Waals surface area contributed by atoms with Gasteiger partial charge < -0.3 is 58.7 Å². The summed E-state index contributed by atoms with van der Waals surface area (Å²) >= 11 is 0. The van der Waals surface area contributed by atoms with Crippen molar-refractivity contribution >= 4 is 11.9 Å². The Morgan fingerprint density at radius 1 is 1.06 bits per heavy atom. The first kappa shape index (κ1) is 55.8. The number of carbonyl (C=O) groups excluding carboxylic acids is 2. The van der Waals surface area contributed by atoms with Gasteiger partial charge in [-0.25, -0.2) is 4.79 Å². The number of carbonyl (C=O) groups is 2. The summed E-state index contributed by atoms with van der Waals surface area (Å²) in [4.78, 5) is 27.0. The van der Waals surface area contributed by atoms with Crippen molar-refractivity contribution in [3.05, 3.63) is 59.4 Å². The molecule has 0 amide bonds. The molecule has 0 unspecified atom stereocenters. The highest BCUT2D eigenvalue weighted by atomic mass is 16.7. The first-order chi connectivity index (χ1) is 31.6. The Hall–Kier alpha value is -3.76. The summed E-state index contributed by atoms with van der Waals surface area (Å²) in [6.07, 6.45) is 9.60. The lowest BCUT2D eigenvalue weighted by Gasteiger charge is -2.50. The highest BCUT2D eigenvalue weighted by Gasteiger charge is 2.53. The van der Waals surface area contributed by atoms with Crippen molar-refractivity contribution in [2.45, 2.75) is 192 Å². The Balaban J connectivity index is 1.59. The summed E-state index contributed by atoms with van der Waals surface area (Å²) in [7, 11) is 2.80. The third-order valence-corrected chi connectivity index (χ3v) is 13.9. The number of rotatable bonds is 15. The second-order valence-corrected chi connectivity index (χ2v) is 19.2. The number of allylic oxidation sites excluding steroid dienone is 6. The van der Waals surface area contributed by atoms with Gasteiger partial charge in [-0.15, -0.1) is 12.3 Å². The number of aliphatic hydroxyl groups is 5. The van der Waals surface area contributed by atoms with Gasteiger partial charge in [0.15, 0.2) is 17.7 Å². The normalized spacial score (nSPS) is 39.6. The van der Waals surface area contributed by atoms with Gasteiger partial charge in [0, 0.05) is 75.7 Å². The van der Waals surface area contributed by atoms with Crippen LogP contribution in [0.25, 0.3) is 0 Å². The van der Waals surface area contributed by atoms with Crippen molar-refractivity contribution in [3.63, 3.8) is 0 Å². The zero-order valence-corrected chi connectivity index (χ0v) is 41.3. The Labute approximate surface area is 397 Å². The maximum atomic E-state index is 13.9. The van der Waals surface area contributed by atoms with Crippen LogP contribution < -0.4 is 0 Å². The van der Waals surface area contributed by atoms with E-state index in [-0.39, 0.29) is 49.2 Å². The molecule has 2 fully saturated rings. The fourth-order valence-electron chi connectivity index (χ4n) is 9.16. The molecular weight excluding hydrogens is 865 g/mol. The van der Waals surface area contributed by atoms with Gasteiger partial charge in [-0.05, 0) is 46.1 Å². The molecule has 0 aromatic rings. The van der Waals surface area contributed by atoms with Gasteiger partial charge in [-0.3, -0.25) is 4.79 Å². The number of ether oxygens (including phenoxy) is 7. The molecule has 0 aromatic carbocycles. The van der Waals surface area contributed by atoms with Crippen LogP contribution in [-0.4, -0.2) is 130 Å². The number of nitrogens with zero attached hydrogens (tertiary/aromatic N) is 2. The zero-order valence-electron chi connectivity index (χ0n) is 41.3. The average molecular weight is 943 g/mol. The largest absolute Gasteiger partial charge is 0.490 e. The van der Waals surface area contributed by atoms with Crippen molar-refractivity contribution in [1.82, 2.24) is 0 Å². The van der Waals surface area contributed by atoms with Crippen LogP contribution in [0.3, 0.4) is 0 Å². The van der Waals surface area contributed by atoms with Gasteiger partial charge in [0.2, 0.25) is 5.76 Å². The smallest absolute Gasteiger partial charge is 0.373 e. The van der Waals surface area contributed by atoms with E-state index in [9.17, 15) is 35.1 Å². The third kappa shape index (κ3) is 15.4. The molecule has 4 aliphatic rings. The molecule has 0 radical (unpaired) electrons. The minimum atomic E-state index is -1.99. The topological polar surface area (TPSA) is 225 Å². The van der Waals surface area contributed by atoms with E-state index in [0.29, 0.717) is 31.3 Å². The van der Waals surface area contributed by atoms with E-state index in [1.165, 1.54) is 20.3 Å². The van der Waals surface area contributed by atoms with Crippen LogP contribution in [0.2, 0.25) is 0 Å². The molecule has 0 saturated carbocycles. The lowest BCUT2D eigenvalue weighted by Crippen LogP contribution is -2.59. The van der Waals surface area contributed by atoms with E-state index >= 15 is 0 Å². The Morgan fingerprint density at radius 3 is 2.39 bits per heavy atom. The number of aliphatic hydroxyl groups excluding tert-OH is 4. The predicted molar refractivity (Wildman–Crippen MR) is 249 cm³/mol. The van der Waals surface area contributed by atoms with E-state index < -0.39 is 103 Å². The Bertz CT molecular complexity index is 1870. The number of terminal acetylenes is 1. The zero-order chi connectivity index (χ0) is 49.8. The maximum Gasteiger partial charge on any atom is 0.373 e. The van der Waals surface area contributed by atoms with Crippen LogP contribution in [0.4, 0.5) is 0 Å². The van der Waals surface area contributed by atoms with Gasteiger partial charge in [0.1, 0.15) is 24.4 Å². The summed E-state index contributed by atoms with van der Waals surface area (Å²) in [5, 5.41) is 65.9. The van der Waals surface area contributed by atoms with Crippen molar-refractivity contribution in [1.29, 1.82) is 0 Å². The number of hydrogen-bond donors (Lipinski definition) is 5. The highest BCUT2D eigenvalue weighted by molar-refractivity contribution is 5.87. The molecule has 0 aliphatic carbocycles. The average Bonchev–Trinajstić information content (AvgIpc) is 4.06. The van der Waals surface area contributed by atoms with Crippen molar-refractivity contribution in [3.8, 4) is 12.3 Å². The molecule has 2 saturated heterocycles. The summed E-state index contributed by atoms with van der Waals surface area (Å²) in [5.41, 5.74) is 0.914. The van der Waals surface area contributed by atoms with Crippen LogP contribution >= 0.6 is 0 Å². The van der Waals surface area contributed by atoms with Crippen molar-refractivity contribution in [2.24, 2.45) is 39.8 Å². The molecule has 0 bridgehead atoms. The molecule has 376 valence electrons. The molecule has 67 heavy (non-hydrogen) atoms. The minimum Gasteiger partial charge on any atom is -0.490 e. The molecule has 16 heteroatoms. The van der Waals surface area contributed by atoms with Gasteiger partial charge >= 0.3 is 11.9 Å². The maximum absolute atomic E-state index is 13.9. The third-order valence-electron chi connectivity index (χ3n) is 13.9. The lowest BCUT2D eigenvalue weighted by molar-refractivity contribution is -0.339. The summed E-state index contributed by atoms with van der Waals surface area (Å²) < 4.78 is 42.5. The van der Waals surface area contributed by atoms with Gasteiger partial charge in [-0.2, -0.15) is 10.2 Å². The van der Waals surface area contributed by atoms with Crippen molar-refractivity contribution < 1.29 is 68.3 Å². The minimum absolute atomic E-state index is 0.0170. The Morgan fingerprint density at radius 2 is 1.76 bits per heavy atom. The monoisotopic (exact) mass is 943 g/mol. The molecule has 4 aliphatic heterocycles. The quantitative estimate of drug-likeness (QED) is 0.0706. The second-order valence-electron chi connectivity index (χ2n) is 19.2. The standard InChI is InChI=1S/C51H78N2O14/c1-13-15-21-50(52-53-50)22-20-44(56)64-41-27-45(63-36(10)47(41)58)65-43-28-51(60,67-39(17-14-2)33(43)7)35(9)46(57)34(8)48-40(61-11)19-16-18-29(3)23-31(5)37(54)26-38(55)32(6)24-30(4)25-42(62-12)49(59)66-48/h1,14,16-19,24-25,31-41,43,45-48,54-55,57-58,60H,15,20-23,26-28H2,2-12H3/b17-14+,19-16+,29-18+,30-24+,42-25-/t31-,32-,33-,34+,35+,36+,37-,38+,39-,40+,41+,43-,45-,46-,47+,48-,51-/m1/s1. The van der Waals surface area contributed by atoms with E-state index in [2.05, 4.69) is 16.1 Å². The van der Waals surface area contributed by atoms with Crippen LogP contribution in [-0.2, 0) is 42.7 Å². The summed E-state index contributed by atoms with van der Waals surface area (Å²) in [5.74, 6) is -3.62. The van der Waals surface area contributed by atoms with Crippen molar-refractivity contribution in [2.75, 3.05) is 14.2 Å². The lowest BCUT2D eigenvalue weighted by atomic mass is 9.77. The molecule has 0 spiro atoms. The fraction of sp³-hybridized carbons (Fsp3) is 0.725. The molecule has 4 rings (SSSR count). The van der Waals surface area contributed by atoms with Crippen LogP contribution in [0, 0.1) is 41.9 Å². The van der Waals surface area contributed by atoms with Gasteiger partial charge in [0.25, 0.3) is 0 Å². The molecule has 5 N–H and O–H groups in total. The predicted octanol–water partition coefficient (Wildman–Crippen LogP) is 6.15. The molecular formula is C51H78N2O14. The van der Waals surface area contributed by atoms with Crippen LogP contribution in [0.1, 0.15) is 114 Å². The first-order valence-corrected chi connectivity index (χ1v) is 23.8. The van der Waals surface area contributed by atoms with Crippen LogP contribution in [0.5, 0.6) is 0 Å². The van der Waals surface area contributed by atoms with Gasteiger partial charge in [-0.1, -0.05) is 82.2 Å². The summed E-state index contributed by atoms with van der Waals surface area (Å²) in [6.45, 7) is 16.2. The molecule has 16 nitrogen and oxygen atoms in total.